The fraction of sp³-hybridized carbons (Fsp3) is 0.800. The molecule has 3 aliphatic heterocycles. The van der Waals surface area contributed by atoms with Gasteiger partial charge in [0.15, 0.2) is 0 Å². The zero-order chi connectivity index (χ0) is 13.9. The summed E-state index contributed by atoms with van der Waals surface area (Å²) < 4.78 is 11.4. The maximum atomic E-state index is 12.5. The number of amides is 1. The lowest BCUT2D eigenvalue weighted by atomic mass is 9.98. The van der Waals surface area contributed by atoms with Crippen molar-refractivity contribution in [3.63, 3.8) is 0 Å². The molecule has 0 aromatic heterocycles. The van der Waals surface area contributed by atoms with Crippen molar-refractivity contribution in [2.24, 2.45) is 0 Å². The molecular weight excluding hydrogens is 256 g/mol. The van der Waals surface area contributed by atoms with Crippen LogP contribution in [0.4, 0.5) is 0 Å². The largest absolute Gasteiger partial charge is 0.378 e. The molecule has 0 saturated carbocycles. The smallest absolute Gasteiger partial charge is 0.251 e. The number of ether oxygens (including phenoxy) is 2. The van der Waals surface area contributed by atoms with Crippen molar-refractivity contribution in [1.82, 2.24) is 9.80 Å². The van der Waals surface area contributed by atoms with Gasteiger partial charge in [0.25, 0.3) is 5.91 Å². The molecule has 1 amide bonds. The van der Waals surface area contributed by atoms with Crippen LogP contribution in [0, 0.1) is 0 Å². The number of morpholine rings is 1. The van der Waals surface area contributed by atoms with Crippen LogP contribution in [-0.4, -0.2) is 73.3 Å². The number of carbonyl (C=O) groups is 1. The van der Waals surface area contributed by atoms with Crippen molar-refractivity contribution in [3.05, 3.63) is 12.7 Å². The van der Waals surface area contributed by atoms with Gasteiger partial charge in [0.05, 0.1) is 19.3 Å². The van der Waals surface area contributed by atoms with Crippen molar-refractivity contribution in [3.8, 4) is 0 Å². The molecule has 0 radical (unpaired) electrons. The second kappa shape index (κ2) is 6.24. The number of carbonyl (C=O) groups excluding carboxylic acids is 1. The summed E-state index contributed by atoms with van der Waals surface area (Å²) in [5.74, 6) is 0.161. The predicted molar refractivity (Wildman–Crippen MR) is 75.5 cm³/mol. The van der Waals surface area contributed by atoms with Gasteiger partial charge < -0.3 is 14.4 Å². The van der Waals surface area contributed by atoms with E-state index in [1.165, 1.54) is 0 Å². The lowest BCUT2D eigenvalue weighted by Crippen LogP contribution is -2.51. The Hall–Kier alpha value is -0.910. The van der Waals surface area contributed by atoms with Crippen molar-refractivity contribution >= 4 is 5.91 Å². The van der Waals surface area contributed by atoms with E-state index in [1.807, 2.05) is 11.0 Å². The second-order valence-corrected chi connectivity index (χ2v) is 5.82. The summed E-state index contributed by atoms with van der Waals surface area (Å²) in [6.07, 6.45) is 4.86. The Morgan fingerprint density at radius 2 is 2.00 bits per heavy atom. The molecule has 0 aliphatic carbocycles. The molecule has 0 bridgehead atoms. The van der Waals surface area contributed by atoms with Crippen LogP contribution in [0.3, 0.4) is 0 Å². The quantitative estimate of drug-likeness (QED) is 0.712. The average molecular weight is 280 g/mol. The Bertz CT molecular complexity index is 368. The Balaban J connectivity index is 1.56. The molecule has 3 rings (SSSR count). The molecule has 3 saturated heterocycles. The van der Waals surface area contributed by atoms with Crippen LogP contribution in [0.15, 0.2) is 12.7 Å². The van der Waals surface area contributed by atoms with Crippen molar-refractivity contribution in [2.45, 2.75) is 37.5 Å². The topological polar surface area (TPSA) is 42.0 Å². The molecule has 3 aliphatic rings. The summed E-state index contributed by atoms with van der Waals surface area (Å²) in [4.78, 5) is 16.8. The first-order valence-corrected chi connectivity index (χ1v) is 7.66. The lowest BCUT2D eigenvalue weighted by molar-refractivity contribution is -0.158. The Kier molecular flexibility index (Phi) is 4.38. The second-order valence-electron chi connectivity index (χ2n) is 5.82. The van der Waals surface area contributed by atoms with Gasteiger partial charge in [-0.1, -0.05) is 6.08 Å². The van der Waals surface area contributed by atoms with Crippen LogP contribution in [0.25, 0.3) is 0 Å². The molecule has 0 aromatic rings. The summed E-state index contributed by atoms with van der Waals surface area (Å²) in [7, 11) is 0. The minimum absolute atomic E-state index is 0.161. The van der Waals surface area contributed by atoms with Gasteiger partial charge in [-0.15, -0.1) is 6.58 Å². The zero-order valence-corrected chi connectivity index (χ0v) is 12.0. The van der Waals surface area contributed by atoms with E-state index in [0.717, 1.165) is 32.4 Å². The van der Waals surface area contributed by atoms with E-state index in [4.69, 9.17) is 9.47 Å². The summed E-state index contributed by atoms with van der Waals surface area (Å²) in [5.41, 5.74) is 0. The van der Waals surface area contributed by atoms with Crippen molar-refractivity contribution in [1.29, 1.82) is 0 Å². The third kappa shape index (κ3) is 2.75. The number of hydrogen-bond donors (Lipinski definition) is 0. The summed E-state index contributed by atoms with van der Waals surface area (Å²) >= 11 is 0. The zero-order valence-electron chi connectivity index (χ0n) is 12.0. The summed E-state index contributed by atoms with van der Waals surface area (Å²) in [6, 6.07) is 0.474. The minimum Gasteiger partial charge on any atom is -0.378 e. The average Bonchev–Trinajstić information content (AvgIpc) is 2.90. The van der Waals surface area contributed by atoms with Crippen molar-refractivity contribution in [2.75, 3.05) is 39.4 Å². The minimum atomic E-state index is -0.238. The fourth-order valence-electron chi connectivity index (χ4n) is 3.58. The first-order valence-electron chi connectivity index (χ1n) is 7.66. The molecule has 112 valence electrons. The Labute approximate surface area is 120 Å². The van der Waals surface area contributed by atoms with E-state index in [2.05, 4.69) is 11.5 Å². The van der Waals surface area contributed by atoms with E-state index >= 15 is 0 Å². The molecule has 0 aromatic carbocycles. The SMILES string of the molecule is C=CCN1CC[C@@H]2O[C@H](C(=O)N3CCOCC3)CC[C@@H]21. The van der Waals surface area contributed by atoms with Crippen LogP contribution in [0.2, 0.25) is 0 Å². The van der Waals surface area contributed by atoms with E-state index in [1.54, 1.807) is 0 Å². The number of likely N-dealkylation sites (tertiary alicyclic amines) is 1. The number of nitrogens with zero attached hydrogens (tertiary/aromatic N) is 2. The number of rotatable bonds is 3. The van der Waals surface area contributed by atoms with Gasteiger partial charge in [-0.3, -0.25) is 9.69 Å². The highest BCUT2D eigenvalue weighted by molar-refractivity contribution is 5.81. The number of fused-ring (bicyclic) bond motifs is 1. The van der Waals surface area contributed by atoms with Gasteiger partial charge >= 0.3 is 0 Å². The monoisotopic (exact) mass is 280 g/mol. The molecule has 0 N–H and O–H groups in total. The van der Waals surface area contributed by atoms with E-state index in [0.29, 0.717) is 32.3 Å². The molecule has 0 spiro atoms. The van der Waals surface area contributed by atoms with Crippen LogP contribution in [0.1, 0.15) is 19.3 Å². The van der Waals surface area contributed by atoms with Gasteiger partial charge in [0.1, 0.15) is 6.10 Å². The van der Waals surface area contributed by atoms with Crippen LogP contribution >= 0.6 is 0 Å². The van der Waals surface area contributed by atoms with Gasteiger partial charge in [0.2, 0.25) is 0 Å². The van der Waals surface area contributed by atoms with E-state index in [-0.39, 0.29) is 18.1 Å². The van der Waals surface area contributed by atoms with Crippen molar-refractivity contribution < 1.29 is 14.3 Å². The summed E-state index contributed by atoms with van der Waals surface area (Å²) in [5, 5.41) is 0. The van der Waals surface area contributed by atoms with Crippen LogP contribution in [0.5, 0.6) is 0 Å². The van der Waals surface area contributed by atoms with Crippen LogP contribution in [-0.2, 0) is 14.3 Å². The molecule has 5 heteroatoms. The first kappa shape index (κ1) is 14.0. The Morgan fingerprint density at radius 3 is 2.75 bits per heavy atom. The van der Waals surface area contributed by atoms with Gasteiger partial charge in [-0.05, 0) is 19.3 Å². The molecular formula is C15H24N2O3. The standard InChI is InChI=1S/C15H24N2O3/c1-2-6-16-7-5-13-12(16)3-4-14(20-13)15(18)17-8-10-19-11-9-17/h2,12-14H,1,3-11H2/t12-,13-,14-/m0/s1. The first-order chi connectivity index (χ1) is 9.79. The lowest BCUT2D eigenvalue weighted by Gasteiger charge is -2.37. The highest BCUT2D eigenvalue weighted by atomic mass is 16.5. The van der Waals surface area contributed by atoms with Gasteiger partial charge in [-0.2, -0.15) is 0 Å². The summed E-state index contributed by atoms with van der Waals surface area (Å²) in [6.45, 7) is 8.50. The molecule has 3 fully saturated rings. The highest BCUT2D eigenvalue weighted by Gasteiger charge is 2.42. The molecule has 3 heterocycles. The maximum absolute atomic E-state index is 12.5. The third-order valence-corrected chi connectivity index (χ3v) is 4.62. The predicted octanol–water partition coefficient (Wildman–Crippen LogP) is 0.653. The molecule has 0 unspecified atom stereocenters. The van der Waals surface area contributed by atoms with Gasteiger partial charge in [0, 0.05) is 32.2 Å². The van der Waals surface area contributed by atoms with E-state index in [9.17, 15) is 4.79 Å². The molecule has 5 nitrogen and oxygen atoms in total. The Morgan fingerprint density at radius 1 is 1.20 bits per heavy atom. The number of hydrogen-bond acceptors (Lipinski definition) is 4. The fourth-order valence-corrected chi connectivity index (χ4v) is 3.58. The normalized spacial score (nSPS) is 34.8. The van der Waals surface area contributed by atoms with E-state index < -0.39 is 0 Å². The maximum Gasteiger partial charge on any atom is 0.251 e. The molecule has 3 atom stereocenters. The molecule has 20 heavy (non-hydrogen) atoms. The third-order valence-electron chi connectivity index (χ3n) is 4.62. The van der Waals surface area contributed by atoms with Gasteiger partial charge in [-0.25, -0.2) is 0 Å². The highest BCUT2D eigenvalue weighted by Crippen LogP contribution is 2.31. The van der Waals surface area contributed by atoms with Crippen LogP contribution < -0.4 is 0 Å².